The van der Waals surface area contributed by atoms with E-state index in [1.807, 2.05) is 61.5 Å². The molecule has 0 radical (unpaired) electrons. The molecule has 30 heavy (non-hydrogen) atoms. The number of hydrogen-bond donors (Lipinski definition) is 1. The first kappa shape index (κ1) is 18.8. The van der Waals surface area contributed by atoms with E-state index in [4.69, 9.17) is 14.7 Å². The minimum absolute atomic E-state index is 0.124. The summed E-state index contributed by atoms with van der Waals surface area (Å²) in [5, 5.41) is 12.5. The van der Waals surface area contributed by atoms with Crippen LogP contribution in [0.2, 0.25) is 0 Å². The molecular formula is C24H18N2O2S2. The van der Waals surface area contributed by atoms with Gasteiger partial charge in [0.1, 0.15) is 10.0 Å². The molecule has 5 aromatic rings. The molecule has 0 saturated heterocycles. The Hall–Kier alpha value is -3.22. The molecule has 0 amide bonds. The maximum Gasteiger partial charge on any atom is 0.165 e. The van der Waals surface area contributed by atoms with Crippen LogP contribution in [0.1, 0.15) is 22.5 Å². The van der Waals surface area contributed by atoms with Gasteiger partial charge >= 0.3 is 0 Å². The zero-order valence-corrected chi connectivity index (χ0v) is 17.8. The van der Waals surface area contributed by atoms with Gasteiger partial charge in [0.15, 0.2) is 11.5 Å². The van der Waals surface area contributed by atoms with Gasteiger partial charge in [-0.3, -0.25) is 0 Å². The zero-order chi connectivity index (χ0) is 20.5. The van der Waals surface area contributed by atoms with E-state index >= 15 is 0 Å². The summed E-state index contributed by atoms with van der Waals surface area (Å²) in [6.45, 7) is 2.39. The maximum atomic E-state index is 10.7. The Morgan fingerprint density at radius 1 is 0.867 bits per heavy atom. The first-order chi connectivity index (χ1) is 14.7. The molecule has 148 valence electrons. The van der Waals surface area contributed by atoms with Crippen molar-refractivity contribution in [3.8, 4) is 11.5 Å². The summed E-state index contributed by atoms with van der Waals surface area (Å²) in [5.74, 6) is 0.596. The lowest BCUT2D eigenvalue weighted by molar-refractivity contribution is 0.318. The number of aromatic hydroxyl groups is 1. The lowest BCUT2D eigenvalue weighted by Crippen LogP contribution is -1.93. The van der Waals surface area contributed by atoms with Crippen LogP contribution in [0.5, 0.6) is 11.5 Å². The summed E-state index contributed by atoms with van der Waals surface area (Å²) in [6, 6.07) is 21.7. The predicted molar refractivity (Wildman–Crippen MR) is 125 cm³/mol. The first-order valence-corrected chi connectivity index (χ1v) is 11.2. The van der Waals surface area contributed by atoms with Crippen molar-refractivity contribution in [1.29, 1.82) is 0 Å². The Morgan fingerprint density at radius 2 is 1.47 bits per heavy atom. The first-order valence-electron chi connectivity index (χ1n) is 9.61. The highest BCUT2D eigenvalue weighted by molar-refractivity contribution is 7.22. The number of para-hydroxylation sites is 3. The van der Waals surface area contributed by atoms with Crippen LogP contribution >= 0.6 is 22.7 Å². The Balaban J connectivity index is 1.72. The summed E-state index contributed by atoms with van der Waals surface area (Å²) in [4.78, 5) is 9.70. The van der Waals surface area contributed by atoms with E-state index in [2.05, 4.69) is 12.1 Å². The minimum Gasteiger partial charge on any atom is -0.504 e. The predicted octanol–water partition coefficient (Wildman–Crippen LogP) is 6.60. The van der Waals surface area contributed by atoms with Crippen molar-refractivity contribution < 1.29 is 9.84 Å². The van der Waals surface area contributed by atoms with Gasteiger partial charge < -0.3 is 9.84 Å². The molecule has 4 nitrogen and oxygen atoms in total. The molecule has 6 heteroatoms. The van der Waals surface area contributed by atoms with Crippen molar-refractivity contribution in [2.24, 2.45) is 0 Å². The smallest absolute Gasteiger partial charge is 0.165 e. The van der Waals surface area contributed by atoms with Crippen LogP contribution in [0.3, 0.4) is 0 Å². The van der Waals surface area contributed by atoms with Crippen LogP contribution < -0.4 is 4.74 Å². The molecule has 3 aromatic carbocycles. The molecule has 0 fully saturated rings. The molecule has 0 aliphatic heterocycles. The van der Waals surface area contributed by atoms with Gasteiger partial charge in [-0.25, -0.2) is 9.97 Å². The number of aromatic nitrogens is 2. The van der Waals surface area contributed by atoms with E-state index in [9.17, 15) is 5.11 Å². The van der Waals surface area contributed by atoms with Crippen molar-refractivity contribution in [3.63, 3.8) is 0 Å². The van der Waals surface area contributed by atoms with Crippen LogP contribution in [0, 0.1) is 0 Å². The van der Waals surface area contributed by atoms with Gasteiger partial charge in [0.2, 0.25) is 0 Å². The maximum absolute atomic E-state index is 10.7. The van der Waals surface area contributed by atoms with Crippen molar-refractivity contribution >= 4 is 54.8 Å². The van der Waals surface area contributed by atoms with E-state index in [0.29, 0.717) is 17.9 Å². The number of phenols is 1. The third kappa shape index (κ3) is 3.44. The topological polar surface area (TPSA) is 55.2 Å². The van der Waals surface area contributed by atoms with Crippen LogP contribution in [-0.2, 0) is 0 Å². The molecule has 0 bridgehead atoms. The SMILES string of the molecule is CCOc1cccc(C=C(c2nc3ccccc3s2)c2nc3ccccc3s2)c1O. The normalized spacial score (nSPS) is 11.1. The molecule has 2 aromatic heterocycles. The number of benzene rings is 3. The van der Waals surface area contributed by atoms with Crippen LogP contribution in [-0.4, -0.2) is 21.7 Å². The summed E-state index contributed by atoms with van der Waals surface area (Å²) in [5.41, 5.74) is 3.48. The van der Waals surface area contributed by atoms with Gasteiger partial charge in [0.25, 0.3) is 0 Å². The Morgan fingerprint density at radius 3 is 2.03 bits per heavy atom. The number of thiazole rings is 2. The highest BCUT2D eigenvalue weighted by Crippen LogP contribution is 2.39. The fourth-order valence-corrected chi connectivity index (χ4v) is 5.30. The van der Waals surface area contributed by atoms with Crippen LogP contribution in [0.15, 0.2) is 66.7 Å². The number of nitrogens with zero attached hydrogens (tertiary/aromatic N) is 2. The van der Waals surface area contributed by atoms with Crippen molar-refractivity contribution in [2.45, 2.75) is 6.92 Å². The zero-order valence-electron chi connectivity index (χ0n) is 16.2. The lowest BCUT2D eigenvalue weighted by Gasteiger charge is -2.08. The highest BCUT2D eigenvalue weighted by Gasteiger charge is 2.17. The molecule has 0 aliphatic rings. The number of phenolic OH excluding ortho intramolecular Hbond substituents is 1. The highest BCUT2D eigenvalue weighted by atomic mass is 32.1. The van der Waals surface area contributed by atoms with E-state index < -0.39 is 0 Å². The van der Waals surface area contributed by atoms with Gasteiger partial charge in [0, 0.05) is 11.1 Å². The van der Waals surface area contributed by atoms with E-state index in [0.717, 1.165) is 36.0 Å². The van der Waals surface area contributed by atoms with Gasteiger partial charge in [-0.15, -0.1) is 22.7 Å². The molecule has 0 atom stereocenters. The average molecular weight is 431 g/mol. The molecule has 2 heterocycles. The quantitative estimate of drug-likeness (QED) is 0.341. The van der Waals surface area contributed by atoms with Gasteiger partial charge in [-0.1, -0.05) is 36.4 Å². The van der Waals surface area contributed by atoms with E-state index in [1.54, 1.807) is 28.7 Å². The number of rotatable bonds is 5. The van der Waals surface area contributed by atoms with Gasteiger partial charge in [-0.05, 0) is 43.3 Å². The molecule has 1 N–H and O–H groups in total. The standard InChI is InChI=1S/C24H18N2O2S2/c1-2-28-19-11-7-8-15(22(19)27)14-16(23-25-17-9-3-5-12-20(17)29-23)24-26-18-10-4-6-13-21(18)30-24/h3-14,27H,2H2,1H3. The summed E-state index contributed by atoms with van der Waals surface area (Å²) >= 11 is 3.25. The second-order valence-corrected chi connectivity index (χ2v) is 8.72. The van der Waals surface area contributed by atoms with Crippen molar-refractivity contribution in [2.75, 3.05) is 6.61 Å². The minimum atomic E-state index is 0.124. The Bertz CT molecular complexity index is 1240. The largest absolute Gasteiger partial charge is 0.504 e. The molecular weight excluding hydrogens is 412 g/mol. The van der Waals surface area contributed by atoms with Crippen molar-refractivity contribution in [3.05, 3.63) is 82.3 Å². The average Bonchev–Trinajstić information content (AvgIpc) is 3.38. The molecule has 5 rings (SSSR count). The van der Waals surface area contributed by atoms with Crippen LogP contribution in [0.4, 0.5) is 0 Å². The number of hydrogen-bond acceptors (Lipinski definition) is 6. The van der Waals surface area contributed by atoms with E-state index in [1.165, 1.54) is 0 Å². The summed E-state index contributed by atoms with van der Waals surface area (Å²) in [6.07, 6.45) is 1.95. The number of ether oxygens (including phenoxy) is 1. The fraction of sp³-hybridized carbons (Fsp3) is 0.0833. The molecule has 0 aliphatic carbocycles. The Labute approximate surface area is 181 Å². The molecule has 0 unspecified atom stereocenters. The van der Waals surface area contributed by atoms with Crippen LogP contribution in [0.25, 0.3) is 32.1 Å². The third-order valence-electron chi connectivity index (χ3n) is 4.68. The number of fused-ring (bicyclic) bond motifs is 2. The monoisotopic (exact) mass is 430 g/mol. The second-order valence-electron chi connectivity index (χ2n) is 6.66. The summed E-state index contributed by atoms with van der Waals surface area (Å²) in [7, 11) is 0. The van der Waals surface area contributed by atoms with Gasteiger partial charge in [-0.2, -0.15) is 0 Å². The molecule has 0 saturated carbocycles. The summed E-state index contributed by atoms with van der Waals surface area (Å²) < 4.78 is 7.80. The molecule has 0 spiro atoms. The lowest BCUT2D eigenvalue weighted by atomic mass is 10.1. The van der Waals surface area contributed by atoms with Gasteiger partial charge in [0.05, 0.1) is 27.0 Å². The third-order valence-corrected chi connectivity index (χ3v) is 6.82. The second kappa shape index (κ2) is 7.89. The fourth-order valence-electron chi connectivity index (χ4n) is 3.27. The van der Waals surface area contributed by atoms with Crippen molar-refractivity contribution in [1.82, 2.24) is 9.97 Å². The Kier molecular flexibility index (Phi) is 4.94. The van der Waals surface area contributed by atoms with E-state index in [-0.39, 0.29) is 5.75 Å².